The van der Waals surface area contributed by atoms with Crippen LogP contribution in [0, 0.1) is 17.1 Å². The van der Waals surface area contributed by atoms with Crippen molar-refractivity contribution in [3.63, 3.8) is 0 Å². The molecule has 3 nitrogen and oxygen atoms in total. The van der Waals surface area contributed by atoms with E-state index in [1.54, 1.807) is 6.07 Å². The molecular weight excluding hydrogens is 219 g/mol. The lowest BCUT2D eigenvalue weighted by atomic mass is 10.1. The van der Waals surface area contributed by atoms with Crippen molar-refractivity contribution < 1.29 is 9.13 Å². The number of ether oxygens (including phenoxy) is 1. The lowest BCUT2D eigenvalue weighted by Gasteiger charge is -2.34. The number of hydrogen-bond donors (Lipinski definition) is 0. The minimum atomic E-state index is -0.362. The van der Waals surface area contributed by atoms with Gasteiger partial charge in [-0.25, -0.2) is 4.39 Å². The first-order valence-electron chi connectivity index (χ1n) is 5.80. The van der Waals surface area contributed by atoms with Gasteiger partial charge in [-0.3, -0.25) is 0 Å². The minimum absolute atomic E-state index is 0.192. The fraction of sp³-hybridized carbons (Fsp3) is 0.462. The third-order valence-corrected chi connectivity index (χ3v) is 2.97. The van der Waals surface area contributed by atoms with Crippen molar-refractivity contribution in [1.82, 2.24) is 0 Å². The van der Waals surface area contributed by atoms with E-state index in [4.69, 9.17) is 10.00 Å². The molecule has 0 bridgehead atoms. The van der Waals surface area contributed by atoms with E-state index in [9.17, 15) is 4.39 Å². The fourth-order valence-corrected chi connectivity index (χ4v) is 2.02. The number of benzene rings is 1. The molecule has 0 spiro atoms. The van der Waals surface area contributed by atoms with Crippen LogP contribution >= 0.6 is 0 Å². The summed E-state index contributed by atoms with van der Waals surface area (Å²) in [6.07, 6.45) is 1.13. The predicted molar refractivity (Wildman–Crippen MR) is 63.4 cm³/mol. The van der Waals surface area contributed by atoms with E-state index >= 15 is 0 Å². The monoisotopic (exact) mass is 234 g/mol. The van der Waals surface area contributed by atoms with Crippen LogP contribution in [0.25, 0.3) is 0 Å². The number of halogens is 1. The van der Waals surface area contributed by atoms with E-state index in [1.165, 1.54) is 12.1 Å². The molecule has 17 heavy (non-hydrogen) atoms. The van der Waals surface area contributed by atoms with Crippen molar-refractivity contribution in [2.45, 2.75) is 19.4 Å². The predicted octanol–water partition coefficient (Wildman–Crippen LogP) is 2.31. The normalized spacial score (nSPS) is 20.1. The highest BCUT2D eigenvalue weighted by Gasteiger charge is 2.19. The molecule has 1 atom stereocenters. The largest absolute Gasteiger partial charge is 0.375 e. The van der Waals surface area contributed by atoms with Gasteiger partial charge in [0.2, 0.25) is 0 Å². The molecule has 1 heterocycles. The molecule has 0 amide bonds. The zero-order valence-electron chi connectivity index (χ0n) is 9.82. The smallest absolute Gasteiger partial charge is 0.126 e. The highest BCUT2D eigenvalue weighted by Crippen LogP contribution is 2.21. The van der Waals surface area contributed by atoms with Crippen molar-refractivity contribution in [1.29, 1.82) is 5.26 Å². The summed E-state index contributed by atoms with van der Waals surface area (Å²) in [4.78, 5) is 2.07. The second-order valence-electron chi connectivity index (χ2n) is 4.16. The van der Waals surface area contributed by atoms with Gasteiger partial charge in [0.1, 0.15) is 5.82 Å². The van der Waals surface area contributed by atoms with Crippen LogP contribution < -0.4 is 4.90 Å². The molecule has 1 aromatic rings. The van der Waals surface area contributed by atoms with Crippen molar-refractivity contribution in [2.24, 2.45) is 0 Å². The summed E-state index contributed by atoms with van der Waals surface area (Å²) in [5, 5.41) is 8.82. The van der Waals surface area contributed by atoms with Crippen molar-refractivity contribution in [3.05, 3.63) is 29.6 Å². The molecule has 4 heteroatoms. The molecule has 1 unspecified atom stereocenters. The summed E-state index contributed by atoms with van der Waals surface area (Å²) >= 11 is 0. The molecule has 2 rings (SSSR count). The van der Waals surface area contributed by atoms with Gasteiger partial charge < -0.3 is 9.64 Å². The Kier molecular flexibility index (Phi) is 3.60. The maximum absolute atomic E-state index is 13.3. The van der Waals surface area contributed by atoms with Crippen LogP contribution in [0.15, 0.2) is 18.2 Å². The van der Waals surface area contributed by atoms with Gasteiger partial charge in [0.15, 0.2) is 0 Å². The number of hydrogen-bond acceptors (Lipinski definition) is 3. The van der Waals surface area contributed by atoms with Gasteiger partial charge in [-0.2, -0.15) is 5.26 Å². The molecule has 1 fully saturated rings. The average Bonchev–Trinajstić information content (AvgIpc) is 2.38. The van der Waals surface area contributed by atoms with Crippen LogP contribution in [0.4, 0.5) is 10.1 Å². The molecule has 0 saturated carbocycles. The Bertz CT molecular complexity index is 442. The Morgan fingerprint density at radius 2 is 2.35 bits per heavy atom. The number of morpholine rings is 1. The van der Waals surface area contributed by atoms with E-state index in [1.807, 2.05) is 6.07 Å². The Balaban J connectivity index is 2.21. The third-order valence-electron chi connectivity index (χ3n) is 2.97. The van der Waals surface area contributed by atoms with Gasteiger partial charge in [-0.05, 0) is 24.6 Å². The second kappa shape index (κ2) is 5.15. The lowest BCUT2D eigenvalue weighted by Crippen LogP contribution is -2.42. The van der Waals surface area contributed by atoms with Crippen molar-refractivity contribution >= 4 is 5.69 Å². The number of rotatable bonds is 2. The quantitative estimate of drug-likeness (QED) is 0.787. The van der Waals surface area contributed by atoms with Crippen LogP contribution in [-0.4, -0.2) is 25.8 Å². The maximum Gasteiger partial charge on any atom is 0.126 e. The first-order valence-corrected chi connectivity index (χ1v) is 5.80. The van der Waals surface area contributed by atoms with Crippen LogP contribution in [0.1, 0.15) is 18.9 Å². The summed E-state index contributed by atoms with van der Waals surface area (Å²) in [5.41, 5.74) is 1.13. The van der Waals surface area contributed by atoms with Gasteiger partial charge in [-0.15, -0.1) is 0 Å². The molecule has 90 valence electrons. The third kappa shape index (κ3) is 2.75. The molecule has 0 aliphatic carbocycles. The topological polar surface area (TPSA) is 36.3 Å². The number of anilines is 1. The minimum Gasteiger partial charge on any atom is -0.375 e. The fourth-order valence-electron chi connectivity index (χ4n) is 2.02. The van der Waals surface area contributed by atoms with E-state index in [0.29, 0.717) is 12.2 Å². The molecular formula is C13H15FN2O. The van der Waals surface area contributed by atoms with E-state index in [2.05, 4.69) is 11.8 Å². The van der Waals surface area contributed by atoms with Crippen LogP contribution in [0.5, 0.6) is 0 Å². The van der Waals surface area contributed by atoms with Crippen molar-refractivity contribution in [3.8, 4) is 6.07 Å². The lowest BCUT2D eigenvalue weighted by molar-refractivity contribution is 0.0384. The SMILES string of the molecule is CCC1CN(c2cc(F)cc(C#N)c2)CCO1. The zero-order chi connectivity index (χ0) is 12.3. The summed E-state index contributed by atoms with van der Waals surface area (Å²) in [7, 11) is 0. The number of nitriles is 1. The van der Waals surface area contributed by atoms with Gasteiger partial charge in [0.25, 0.3) is 0 Å². The average molecular weight is 234 g/mol. The Morgan fingerprint density at radius 1 is 1.53 bits per heavy atom. The summed E-state index contributed by atoms with van der Waals surface area (Å²) in [6.45, 7) is 4.22. The molecule has 0 aromatic heterocycles. The molecule has 1 saturated heterocycles. The Labute approximate surface area is 100 Å². The highest BCUT2D eigenvalue weighted by atomic mass is 19.1. The first-order chi connectivity index (χ1) is 8.22. The van der Waals surface area contributed by atoms with Crippen LogP contribution in [0.3, 0.4) is 0 Å². The van der Waals surface area contributed by atoms with Gasteiger partial charge in [0.05, 0.1) is 24.3 Å². The Hall–Kier alpha value is -1.60. The summed E-state index contributed by atoms with van der Waals surface area (Å²) in [6, 6.07) is 6.42. The van der Waals surface area contributed by atoms with Gasteiger partial charge in [-0.1, -0.05) is 6.92 Å². The van der Waals surface area contributed by atoms with E-state index in [0.717, 1.165) is 25.2 Å². The Morgan fingerprint density at radius 3 is 3.06 bits per heavy atom. The van der Waals surface area contributed by atoms with Gasteiger partial charge in [0, 0.05) is 18.8 Å². The first kappa shape index (κ1) is 11.9. The summed E-state index contributed by atoms with van der Waals surface area (Å²) < 4.78 is 18.9. The molecule has 1 aliphatic rings. The van der Waals surface area contributed by atoms with E-state index < -0.39 is 0 Å². The highest BCUT2D eigenvalue weighted by molar-refractivity contribution is 5.52. The molecule has 0 N–H and O–H groups in total. The van der Waals surface area contributed by atoms with Crippen LogP contribution in [-0.2, 0) is 4.74 Å². The zero-order valence-corrected chi connectivity index (χ0v) is 9.82. The molecule has 1 aliphatic heterocycles. The number of nitrogens with zero attached hydrogens (tertiary/aromatic N) is 2. The summed E-state index contributed by atoms with van der Waals surface area (Å²) in [5.74, 6) is -0.362. The second-order valence-corrected chi connectivity index (χ2v) is 4.16. The van der Waals surface area contributed by atoms with Crippen molar-refractivity contribution in [2.75, 3.05) is 24.6 Å². The molecule has 0 radical (unpaired) electrons. The standard InChI is InChI=1S/C13H15FN2O/c1-2-13-9-16(3-4-17-13)12-6-10(8-15)5-11(14)7-12/h5-7,13H,2-4,9H2,1H3. The van der Waals surface area contributed by atoms with E-state index in [-0.39, 0.29) is 11.9 Å². The maximum atomic E-state index is 13.3. The van der Waals surface area contributed by atoms with Crippen LogP contribution in [0.2, 0.25) is 0 Å². The van der Waals surface area contributed by atoms with Gasteiger partial charge >= 0.3 is 0 Å². The molecule has 1 aromatic carbocycles.